The molecule has 4 aromatic rings. The van der Waals surface area contributed by atoms with Crippen molar-refractivity contribution in [1.29, 1.82) is 0 Å². The number of H-pyrrole nitrogens is 1. The molecule has 1 aromatic carbocycles. The molecule has 3 aromatic heterocycles. The third-order valence-electron chi connectivity index (χ3n) is 7.00. The van der Waals surface area contributed by atoms with Crippen LogP contribution in [0.15, 0.2) is 67.3 Å². The van der Waals surface area contributed by atoms with Crippen molar-refractivity contribution in [3.63, 3.8) is 0 Å². The predicted octanol–water partition coefficient (Wildman–Crippen LogP) is 4.30. The lowest BCUT2D eigenvalue weighted by Gasteiger charge is -2.38. The van der Waals surface area contributed by atoms with Gasteiger partial charge in [-0.15, -0.1) is 0 Å². The molecular weight excluding hydrogens is 514 g/mol. The number of carbonyl (C=O) groups excluding carboxylic acids is 2. The van der Waals surface area contributed by atoms with Crippen LogP contribution in [0.3, 0.4) is 0 Å². The molecule has 1 fully saturated rings. The summed E-state index contributed by atoms with van der Waals surface area (Å²) in [5.41, 5.74) is 3.76. The Morgan fingerprint density at radius 2 is 1.87 bits per heavy atom. The topological polar surface area (TPSA) is 106 Å². The van der Waals surface area contributed by atoms with Crippen LogP contribution >= 0.6 is 11.6 Å². The molecule has 0 aliphatic carbocycles. The van der Waals surface area contributed by atoms with E-state index in [4.69, 9.17) is 11.6 Å². The minimum atomic E-state index is -0.271. The van der Waals surface area contributed by atoms with Crippen LogP contribution in [0.2, 0.25) is 5.02 Å². The quantitative estimate of drug-likeness (QED) is 0.271. The minimum Gasteiger partial charge on any atom is -0.367 e. The van der Waals surface area contributed by atoms with E-state index in [1.165, 1.54) is 6.20 Å². The number of aromatic amines is 1. The highest BCUT2D eigenvalue weighted by Crippen LogP contribution is 2.33. The summed E-state index contributed by atoms with van der Waals surface area (Å²) in [7, 11) is 0. The molecule has 3 N–H and O–H groups in total. The first-order valence-corrected chi connectivity index (χ1v) is 13.6. The lowest BCUT2D eigenvalue weighted by molar-refractivity contribution is -0.133. The van der Waals surface area contributed by atoms with E-state index in [-0.39, 0.29) is 17.7 Å². The van der Waals surface area contributed by atoms with Crippen LogP contribution in [0.25, 0.3) is 11.0 Å². The maximum Gasteiger partial charge on any atom is 0.257 e. The fraction of sp³-hybridized carbons (Fsp3) is 0.310. The van der Waals surface area contributed by atoms with Crippen molar-refractivity contribution in [2.75, 3.05) is 49.5 Å². The maximum absolute atomic E-state index is 13.7. The average Bonchev–Trinajstić information content (AvgIpc) is 3.39. The number of benzene rings is 1. The van der Waals surface area contributed by atoms with Crippen molar-refractivity contribution < 1.29 is 9.59 Å². The summed E-state index contributed by atoms with van der Waals surface area (Å²) in [5, 5.41) is 7.91. The second kappa shape index (κ2) is 12.3. The van der Waals surface area contributed by atoms with Crippen LogP contribution in [-0.2, 0) is 4.79 Å². The minimum absolute atomic E-state index is 0.117. The number of halogens is 1. The van der Waals surface area contributed by atoms with E-state index in [1.54, 1.807) is 30.7 Å². The normalized spacial score (nSPS) is 14.4. The molecule has 0 bridgehead atoms. The van der Waals surface area contributed by atoms with Crippen LogP contribution in [0.5, 0.6) is 0 Å². The highest BCUT2D eigenvalue weighted by Gasteiger charge is 2.29. The number of hydrogen-bond acceptors (Lipinski definition) is 6. The monoisotopic (exact) mass is 545 g/mol. The lowest BCUT2D eigenvalue weighted by Crippen LogP contribution is -2.51. The van der Waals surface area contributed by atoms with Crippen molar-refractivity contribution in [2.24, 2.45) is 0 Å². The molecule has 0 spiro atoms. The molecule has 2 amide bonds. The zero-order valence-electron chi connectivity index (χ0n) is 21.9. The Hall–Kier alpha value is -3.95. The zero-order chi connectivity index (χ0) is 27.2. The van der Waals surface area contributed by atoms with Gasteiger partial charge in [-0.25, -0.2) is 4.98 Å². The molecule has 0 saturated carbocycles. The molecule has 1 aliphatic rings. The third-order valence-corrected chi connectivity index (χ3v) is 7.25. The number of piperazine rings is 1. The maximum atomic E-state index is 13.7. The molecule has 9 nitrogen and oxygen atoms in total. The summed E-state index contributed by atoms with van der Waals surface area (Å²) in [6.07, 6.45) is 7.69. The van der Waals surface area contributed by atoms with Gasteiger partial charge in [-0.05, 0) is 48.9 Å². The van der Waals surface area contributed by atoms with Gasteiger partial charge in [0, 0.05) is 62.5 Å². The van der Waals surface area contributed by atoms with E-state index in [1.807, 2.05) is 35.2 Å². The summed E-state index contributed by atoms with van der Waals surface area (Å²) in [6.45, 7) is 6.10. The van der Waals surface area contributed by atoms with Crippen LogP contribution in [0.4, 0.5) is 11.4 Å². The first-order chi connectivity index (χ1) is 19.0. The number of anilines is 2. The number of rotatable bonds is 9. The number of amides is 2. The number of nitrogens with one attached hydrogen (secondary N) is 3. The highest BCUT2D eigenvalue weighted by atomic mass is 35.5. The number of carbonyl (C=O) groups is 2. The molecule has 0 radical (unpaired) electrons. The summed E-state index contributed by atoms with van der Waals surface area (Å²) in [5.74, 6) is -0.391. The van der Waals surface area contributed by atoms with E-state index >= 15 is 0 Å². The largest absolute Gasteiger partial charge is 0.367 e. The number of hydrogen-bond donors (Lipinski definition) is 3. The highest BCUT2D eigenvalue weighted by molar-refractivity contribution is 6.30. The Labute approximate surface area is 232 Å². The first kappa shape index (κ1) is 26.6. The van der Waals surface area contributed by atoms with E-state index in [9.17, 15) is 9.59 Å². The summed E-state index contributed by atoms with van der Waals surface area (Å²) in [4.78, 5) is 42.3. The molecule has 1 saturated heterocycles. The molecule has 202 valence electrons. The fourth-order valence-electron chi connectivity index (χ4n) is 4.95. The SMILES string of the molecule is CCCNC[C@@H](C(=O)N1CCN(c2ccnc3[nH]cc(NC(=O)c4cccnc4)c23)CC1)c1ccc(Cl)cc1. The van der Waals surface area contributed by atoms with Gasteiger partial charge >= 0.3 is 0 Å². The Balaban J connectivity index is 1.31. The zero-order valence-corrected chi connectivity index (χ0v) is 22.6. The Kier molecular flexibility index (Phi) is 8.39. The van der Waals surface area contributed by atoms with Gasteiger partial charge in [-0.3, -0.25) is 14.6 Å². The number of fused-ring (bicyclic) bond motifs is 1. The Morgan fingerprint density at radius 1 is 1.08 bits per heavy atom. The molecule has 0 unspecified atom stereocenters. The van der Waals surface area contributed by atoms with Gasteiger partial charge in [-0.1, -0.05) is 30.7 Å². The van der Waals surface area contributed by atoms with Gasteiger partial charge in [-0.2, -0.15) is 0 Å². The standard InChI is InChI=1S/C29H32ClN7O2/c1-2-10-31-18-23(20-5-7-22(30)8-6-20)29(39)37-15-13-36(14-16-37)25-9-12-33-27-26(25)24(19-34-27)35-28(38)21-4-3-11-32-17-21/h3-9,11-12,17,19,23,31H,2,10,13-16,18H2,1H3,(H,33,34)(H,35,38)/t23-/m1/s1. The number of pyridine rings is 2. The second-order valence-electron chi connectivity index (χ2n) is 9.57. The van der Waals surface area contributed by atoms with Crippen LogP contribution in [0, 0.1) is 0 Å². The summed E-state index contributed by atoms with van der Waals surface area (Å²) in [6, 6.07) is 13.0. The van der Waals surface area contributed by atoms with Crippen molar-refractivity contribution in [3.8, 4) is 0 Å². The van der Waals surface area contributed by atoms with Crippen molar-refractivity contribution in [3.05, 3.63) is 83.4 Å². The molecule has 5 rings (SSSR count). The lowest BCUT2D eigenvalue weighted by atomic mass is 9.97. The van der Waals surface area contributed by atoms with Gasteiger partial charge < -0.3 is 25.4 Å². The van der Waals surface area contributed by atoms with Gasteiger partial charge in [0.25, 0.3) is 5.91 Å². The number of nitrogens with zero attached hydrogens (tertiary/aromatic N) is 4. The summed E-state index contributed by atoms with van der Waals surface area (Å²) >= 11 is 6.10. The van der Waals surface area contributed by atoms with E-state index < -0.39 is 0 Å². The average molecular weight is 546 g/mol. The van der Waals surface area contributed by atoms with Crippen molar-refractivity contribution in [1.82, 2.24) is 25.2 Å². The molecule has 1 atom stereocenters. The third kappa shape index (κ3) is 6.05. The Morgan fingerprint density at radius 3 is 2.59 bits per heavy atom. The van der Waals surface area contributed by atoms with Gasteiger partial charge in [0.1, 0.15) is 5.65 Å². The molecule has 10 heteroatoms. The van der Waals surface area contributed by atoms with Gasteiger partial charge in [0.2, 0.25) is 5.91 Å². The molecular formula is C29H32ClN7O2. The molecule has 1 aliphatic heterocycles. The predicted molar refractivity (Wildman–Crippen MR) is 154 cm³/mol. The van der Waals surface area contributed by atoms with E-state index in [2.05, 4.69) is 37.4 Å². The van der Waals surface area contributed by atoms with Gasteiger partial charge in [0.05, 0.1) is 28.2 Å². The van der Waals surface area contributed by atoms with Gasteiger partial charge in [0.15, 0.2) is 0 Å². The second-order valence-corrected chi connectivity index (χ2v) is 10.0. The van der Waals surface area contributed by atoms with E-state index in [0.717, 1.165) is 29.6 Å². The fourth-order valence-corrected chi connectivity index (χ4v) is 5.07. The molecule has 39 heavy (non-hydrogen) atoms. The van der Waals surface area contributed by atoms with Crippen LogP contribution in [-0.4, -0.2) is 70.9 Å². The van der Waals surface area contributed by atoms with Crippen LogP contribution in [0.1, 0.15) is 35.2 Å². The summed E-state index contributed by atoms with van der Waals surface area (Å²) < 4.78 is 0. The molecule has 4 heterocycles. The smallest absolute Gasteiger partial charge is 0.257 e. The first-order valence-electron chi connectivity index (χ1n) is 13.2. The van der Waals surface area contributed by atoms with Crippen LogP contribution < -0.4 is 15.5 Å². The van der Waals surface area contributed by atoms with E-state index in [0.29, 0.717) is 54.6 Å². The Bertz CT molecular complexity index is 1420. The number of aromatic nitrogens is 3. The van der Waals surface area contributed by atoms with Crippen molar-refractivity contribution >= 4 is 45.8 Å². The van der Waals surface area contributed by atoms with Crippen molar-refractivity contribution in [2.45, 2.75) is 19.3 Å².